The van der Waals surface area contributed by atoms with Crippen LogP contribution in [0.3, 0.4) is 0 Å². The third kappa shape index (κ3) is 8.71. The minimum absolute atomic E-state index is 0.254. The number of benzene rings is 2. The fourth-order valence-corrected chi connectivity index (χ4v) is 4.27. The maximum Gasteiger partial charge on any atom is 0.316 e. The van der Waals surface area contributed by atoms with Gasteiger partial charge in [0.15, 0.2) is 5.78 Å². The summed E-state index contributed by atoms with van der Waals surface area (Å²) in [5.74, 6) is 0.760. The van der Waals surface area contributed by atoms with Crippen LogP contribution in [0.5, 0.6) is 23.0 Å². The van der Waals surface area contributed by atoms with Gasteiger partial charge in [0.1, 0.15) is 23.0 Å². The van der Waals surface area contributed by atoms with Crippen LogP contribution in [0.2, 0.25) is 0 Å². The number of ether oxygens (including phenoxy) is 4. The van der Waals surface area contributed by atoms with Crippen molar-refractivity contribution in [1.29, 1.82) is 0 Å². The molecule has 0 fully saturated rings. The molecule has 0 N–H and O–H groups in total. The van der Waals surface area contributed by atoms with Crippen LogP contribution >= 0.6 is 0 Å². The lowest BCUT2D eigenvalue weighted by Gasteiger charge is -2.34. The summed E-state index contributed by atoms with van der Waals surface area (Å²) >= 11 is 0. The molecule has 2 aromatic rings. The molecule has 0 bridgehead atoms. The van der Waals surface area contributed by atoms with Crippen molar-refractivity contribution in [2.75, 3.05) is 13.7 Å². The molecular formula is C36H50O7. The minimum Gasteiger partial charge on any atom is -0.496 e. The van der Waals surface area contributed by atoms with Gasteiger partial charge in [-0.15, -0.1) is 0 Å². The summed E-state index contributed by atoms with van der Waals surface area (Å²) in [6, 6.07) is 6.44. The molecule has 0 spiro atoms. The lowest BCUT2D eigenvalue weighted by Crippen LogP contribution is -2.30. The molecule has 2 rings (SSSR count). The molecule has 0 saturated carbocycles. The van der Waals surface area contributed by atoms with Crippen LogP contribution in [0.4, 0.5) is 0 Å². The zero-order chi connectivity index (χ0) is 33.1. The zero-order valence-electron chi connectivity index (χ0n) is 28.5. The number of allylic oxidation sites excluding steroid dienone is 1. The smallest absolute Gasteiger partial charge is 0.316 e. The van der Waals surface area contributed by atoms with Crippen molar-refractivity contribution < 1.29 is 33.3 Å². The first-order valence-electron chi connectivity index (χ1n) is 14.7. The fourth-order valence-electron chi connectivity index (χ4n) is 4.27. The molecule has 0 amide bonds. The van der Waals surface area contributed by atoms with E-state index in [0.717, 1.165) is 5.56 Å². The number of hydrogen-bond acceptors (Lipinski definition) is 7. The minimum atomic E-state index is -0.741. The largest absolute Gasteiger partial charge is 0.496 e. The Labute approximate surface area is 257 Å². The highest BCUT2D eigenvalue weighted by molar-refractivity contribution is 6.07. The van der Waals surface area contributed by atoms with E-state index in [-0.39, 0.29) is 17.7 Å². The standard InChI is InChI=1S/C36H50O7/c1-15-41-29-24(20-21-25(37)22-16-18-23(19-17-22)42-31(38)35(8,9)10)28(40-14)26(33(2,3)4)30(27(29)34(5,6)7)43-32(39)36(11,12)13/h16-21H,15H2,1-14H3. The molecule has 236 valence electrons. The van der Waals surface area contributed by atoms with Crippen molar-refractivity contribution in [3.8, 4) is 23.0 Å². The van der Waals surface area contributed by atoms with Crippen molar-refractivity contribution in [3.05, 3.63) is 52.6 Å². The van der Waals surface area contributed by atoms with Crippen molar-refractivity contribution >= 4 is 23.8 Å². The van der Waals surface area contributed by atoms with E-state index in [2.05, 4.69) is 0 Å². The van der Waals surface area contributed by atoms with E-state index < -0.39 is 21.7 Å². The quantitative estimate of drug-likeness (QED) is 0.131. The summed E-state index contributed by atoms with van der Waals surface area (Å²) in [4.78, 5) is 38.8. The summed E-state index contributed by atoms with van der Waals surface area (Å²) in [6.45, 7) is 25.2. The lowest BCUT2D eigenvalue weighted by molar-refractivity contribution is -0.143. The van der Waals surface area contributed by atoms with E-state index in [0.29, 0.717) is 46.3 Å². The van der Waals surface area contributed by atoms with Crippen molar-refractivity contribution in [1.82, 2.24) is 0 Å². The SMILES string of the molecule is CCOc1c(C=CC(=O)c2ccc(OC(=O)C(C)(C)C)cc2)c(OC)c(C(C)(C)C)c(OC(=O)C(C)(C)C)c1C(C)(C)C. The highest BCUT2D eigenvalue weighted by Gasteiger charge is 2.38. The van der Waals surface area contributed by atoms with E-state index in [4.69, 9.17) is 18.9 Å². The van der Waals surface area contributed by atoms with Crippen molar-refractivity contribution in [2.45, 2.75) is 101 Å². The fraction of sp³-hybridized carbons (Fsp3) is 0.528. The molecule has 43 heavy (non-hydrogen) atoms. The highest BCUT2D eigenvalue weighted by Crippen LogP contribution is 2.53. The van der Waals surface area contributed by atoms with Gasteiger partial charge in [0.05, 0.1) is 30.1 Å². The Kier molecular flexibility index (Phi) is 10.7. The predicted octanol–water partition coefficient (Wildman–Crippen LogP) is 8.49. The van der Waals surface area contributed by atoms with Gasteiger partial charge in [-0.05, 0) is 95.7 Å². The van der Waals surface area contributed by atoms with Gasteiger partial charge in [-0.1, -0.05) is 41.5 Å². The molecular weight excluding hydrogens is 544 g/mol. The first-order chi connectivity index (χ1) is 19.5. The maximum atomic E-state index is 13.3. The third-order valence-corrected chi connectivity index (χ3v) is 6.56. The van der Waals surface area contributed by atoms with Gasteiger partial charge in [-0.3, -0.25) is 14.4 Å². The Morgan fingerprint density at radius 3 is 1.56 bits per heavy atom. The van der Waals surface area contributed by atoms with Crippen LogP contribution in [0.1, 0.15) is 117 Å². The first-order valence-corrected chi connectivity index (χ1v) is 14.7. The predicted molar refractivity (Wildman–Crippen MR) is 172 cm³/mol. The van der Waals surface area contributed by atoms with Gasteiger partial charge in [0.2, 0.25) is 0 Å². The molecule has 0 heterocycles. The average molecular weight is 595 g/mol. The Morgan fingerprint density at radius 2 is 1.14 bits per heavy atom. The summed E-state index contributed by atoms with van der Waals surface area (Å²) in [5, 5.41) is 0. The molecule has 0 aliphatic carbocycles. The second-order valence-corrected chi connectivity index (χ2v) is 14.8. The normalized spacial score (nSPS) is 12.7. The van der Waals surface area contributed by atoms with Gasteiger partial charge < -0.3 is 18.9 Å². The number of hydrogen-bond donors (Lipinski definition) is 0. The van der Waals surface area contributed by atoms with Crippen LogP contribution in [0.15, 0.2) is 30.3 Å². The van der Waals surface area contributed by atoms with Crippen LogP contribution in [0.25, 0.3) is 6.08 Å². The average Bonchev–Trinajstić information content (AvgIpc) is 2.85. The van der Waals surface area contributed by atoms with Crippen LogP contribution < -0.4 is 18.9 Å². The number of ketones is 1. The lowest BCUT2D eigenvalue weighted by atomic mass is 9.76. The molecule has 2 aromatic carbocycles. The first kappa shape index (κ1) is 35.6. The molecule has 0 unspecified atom stereocenters. The van der Waals surface area contributed by atoms with Gasteiger partial charge in [0, 0.05) is 16.7 Å². The van der Waals surface area contributed by atoms with Crippen molar-refractivity contribution in [2.24, 2.45) is 10.8 Å². The Balaban J connectivity index is 2.78. The molecule has 0 atom stereocenters. The number of carbonyl (C=O) groups excluding carboxylic acids is 3. The van der Waals surface area contributed by atoms with Gasteiger partial charge in [-0.25, -0.2) is 0 Å². The third-order valence-electron chi connectivity index (χ3n) is 6.56. The number of methoxy groups -OCH3 is 1. The van der Waals surface area contributed by atoms with E-state index in [1.807, 2.05) is 69.2 Å². The topological polar surface area (TPSA) is 88.1 Å². The Hall–Kier alpha value is -3.61. The molecule has 7 nitrogen and oxygen atoms in total. The summed E-state index contributed by atoms with van der Waals surface area (Å²) in [6.07, 6.45) is 3.16. The zero-order valence-corrected chi connectivity index (χ0v) is 28.5. The summed E-state index contributed by atoms with van der Waals surface area (Å²) in [5.41, 5.74) is 0.0357. The summed E-state index contributed by atoms with van der Waals surface area (Å²) < 4.78 is 23.9. The monoisotopic (exact) mass is 594 g/mol. The van der Waals surface area contributed by atoms with E-state index in [9.17, 15) is 14.4 Å². The van der Waals surface area contributed by atoms with E-state index in [1.165, 1.54) is 6.08 Å². The van der Waals surface area contributed by atoms with Crippen LogP contribution in [0, 0.1) is 10.8 Å². The van der Waals surface area contributed by atoms with E-state index in [1.54, 1.807) is 58.2 Å². The molecule has 0 saturated heterocycles. The summed E-state index contributed by atoms with van der Waals surface area (Å²) in [7, 11) is 1.56. The number of rotatable bonds is 8. The van der Waals surface area contributed by atoms with Crippen LogP contribution in [-0.2, 0) is 20.4 Å². The second-order valence-electron chi connectivity index (χ2n) is 14.8. The molecule has 0 aliphatic rings. The van der Waals surface area contributed by atoms with Gasteiger partial charge in [0.25, 0.3) is 0 Å². The Bertz CT molecular complexity index is 1370. The molecule has 0 aliphatic heterocycles. The molecule has 0 aromatic heterocycles. The molecule has 0 radical (unpaired) electrons. The highest BCUT2D eigenvalue weighted by atomic mass is 16.5. The molecule has 7 heteroatoms. The van der Waals surface area contributed by atoms with Crippen molar-refractivity contribution in [3.63, 3.8) is 0 Å². The van der Waals surface area contributed by atoms with Crippen LogP contribution in [-0.4, -0.2) is 31.4 Å². The second kappa shape index (κ2) is 12.9. The van der Waals surface area contributed by atoms with Gasteiger partial charge in [-0.2, -0.15) is 0 Å². The number of carbonyl (C=O) groups is 3. The number of esters is 2. The maximum absolute atomic E-state index is 13.3. The van der Waals surface area contributed by atoms with Gasteiger partial charge >= 0.3 is 11.9 Å². The Morgan fingerprint density at radius 1 is 0.674 bits per heavy atom. The van der Waals surface area contributed by atoms with E-state index >= 15 is 0 Å².